The van der Waals surface area contributed by atoms with E-state index >= 15 is 0 Å². The van der Waals surface area contributed by atoms with E-state index in [2.05, 4.69) is 37.5 Å². The molecule has 1 aromatic heterocycles. The van der Waals surface area contributed by atoms with Crippen LogP contribution in [0.5, 0.6) is 5.75 Å². The van der Waals surface area contributed by atoms with E-state index in [9.17, 15) is 0 Å². The first kappa shape index (κ1) is 17.4. The van der Waals surface area contributed by atoms with Gasteiger partial charge in [-0.25, -0.2) is 9.97 Å². The summed E-state index contributed by atoms with van der Waals surface area (Å²) < 4.78 is 11.5. The van der Waals surface area contributed by atoms with Crippen LogP contribution in [0, 0.1) is 3.57 Å². The molecule has 0 bridgehead atoms. The van der Waals surface area contributed by atoms with Crippen molar-refractivity contribution in [1.82, 2.24) is 14.9 Å². The van der Waals surface area contributed by atoms with Gasteiger partial charge in [-0.2, -0.15) is 0 Å². The summed E-state index contributed by atoms with van der Waals surface area (Å²) in [5, 5.41) is 0. The van der Waals surface area contributed by atoms with Gasteiger partial charge < -0.3 is 15.2 Å². The minimum atomic E-state index is 0.281. The lowest BCUT2D eigenvalue weighted by Gasteiger charge is -2.14. The highest BCUT2D eigenvalue weighted by atomic mass is 127. The molecule has 2 N–H and O–H groups in total. The third-order valence-corrected chi connectivity index (χ3v) is 4.94. The van der Waals surface area contributed by atoms with E-state index in [1.165, 1.54) is 0 Å². The molecular formula is C16H18BIN4O2. The Kier molecular flexibility index (Phi) is 5.26. The second-order valence-corrected chi connectivity index (χ2v) is 6.80. The van der Waals surface area contributed by atoms with E-state index < -0.39 is 0 Å². The topological polar surface area (TPSA) is 73.5 Å². The molecule has 1 aromatic carbocycles. The van der Waals surface area contributed by atoms with Gasteiger partial charge in [0.25, 0.3) is 0 Å². The van der Waals surface area contributed by atoms with E-state index in [0.29, 0.717) is 17.8 Å². The Morgan fingerprint density at radius 1 is 1.29 bits per heavy atom. The number of hydrogen-bond donors (Lipinski definition) is 1. The number of nitrogens with two attached hydrogens (primary N) is 1. The fourth-order valence-corrected chi connectivity index (χ4v) is 3.61. The zero-order valence-corrected chi connectivity index (χ0v) is 15.8. The summed E-state index contributed by atoms with van der Waals surface area (Å²) in [6.07, 6.45) is 0. The van der Waals surface area contributed by atoms with Crippen molar-refractivity contribution in [2.24, 2.45) is 0 Å². The number of methoxy groups -OCH3 is 2. The molecule has 0 aliphatic carbocycles. The summed E-state index contributed by atoms with van der Waals surface area (Å²) >= 11 is 2.26. The van der Waals surface area contributed by atoms with Crippen molar-refractivity contribution in [2.75, 3.05) is 33.1 Å². The zero-order chi connectivity index (χ0) is 17.3. The number of aromatic nitrogens is 2. The maximum Gasteiger partial charge on any atom is 0.220 e. The van der Waals surface area contributed by atoms with Gasteiger partial charge in [-0.05, 0) is 28.7 Å². The van der Waals surface area contributed by atoms with E-state index in [-0.39, 0.29) is 5.95 Å². The van der Waals surface area contributed by atoms with Crippen molar-refractivity contribution >= 4 is 41.8 Å². The van der Waals surface area contributed by atoms with Crippen LogP contribution in [0.4, 0.5) is 5.95 Å². The number of rotatable bonds is 5. The third-order valence-electron chi connectivity index (χ3n) is 4.05. The lowest BCUT2D eigenvalue weighted by Crippen LogP contribution is -2.21. The molecule has 2 aromatic rings. The van der Waals surface area contributed by atoms with Crippen molar-refractivity contribution < 1.29 is 9.47 Å². The second-order valence-electron chi connectivity index (χ2n) is 5.63. The molecular weight excluding hydrogens is 418 g/mol. The monoisotopic (exact) mass is 436 g/mol. The number of anilines is 1. The molecule has 3 rings (SSSR count). The summed E-state index contributed by atoms with van der Waals surface area (Å²) in [6, 6.07) is 3.80. The molecule has 1 aliphatic rings. The van der Waals surface area contributed by atoms with Gasteiger partial charge in [-0.1, -0.05) is 11.5 Å². The highest BCUT2D eigenvalue weighted by Gasteiger charge is 2.26. The molecule has 1 aliphatic heterocycles. The summed E-state index contributed by atoms with van der Waals surface area (Å²) in [5.74, 6) is 0.912. The van der Waals surface area contributed by atoms with Gasteiger partial charge in [0.2, 0.25) is 5.95 Å². The number of ether oxygens (including phenoxy) is 2. The Morgan fingerprint density at radius 2 is 2.08 bits per heavy atom. The van der Waals surface area contributed by atoms with Crippen molar-refractivity contribution in [2.45, 2.75) is 13.1 Å². The Morgan fingerprint density at radius 3 is 2.79 bits per heavy atom. The van der Waals surface area contributed by atoms with E-state index in [0.717, 1.165) is 45.7 Å². The van der Waals surface area contributed by atoms with E-state index in [4.69, 9.17) is 23.1 Å². The fourth-order valence-electron chi connectivity index (χ4n) is 2.87. The molecule has 6 nitrogen and oxygen atoms in total. The Balaban J connectivity index is 2.05. The average molecular weight is 436 g/mol. The van der Waals surface area contributed by atoms with Gasteiger partial charge in [0.15, 0.2) is 0 Å². The number of benzene rings is 1. The molecule has 0 saturated carbocycles. The zero-order valence-electron chi connectivity index (χ0n) is 13.7. The lowest BCUT2D eigenvalue weighted by molar-refractivity contribution is 0.147. The predicted molar refractivity (Wildman–Crippen MR) is 103 cm³/mol. The SMILES string of the molecule is [B]c1cc(I)c(-c2nc(N)nc3c2CN(CCOC)C3)cc1OC. The molecule has 0 amide bonds. The van der Waals surface area contributed by atoms with Crippen molar-refractivity contribution in [3.05, 3.63) is 27.0 Å². The number of halogens is 1. The van der Waals surface area contributed by atoms with Gasteiger partial charge in [-0.3, -0.25) is 4.90 Å². The Bertz CT molecular complexity index is 772. The molecule has 2 radical (unpaired) electrons. The van der Waals surface area contributed by atoms with Crippen molar-refractivity contribution in [3.63, 3.8) is 0 Å². The molecule has 0 fully saturated rings. The first-order chi connectivity index (χ1) is 11.5. The number of fused-ring (bicyclic) bond motifs is 1. The molecule has 24 heavy (non-hydrogen) atoms. The summed E-state index contributed by atoms with van der Waals surface area (Å²) in [6.45, 7) is 3.05. The quantitative estimate of drug-likeness (QED) is 0.560. The molecule has 8 heteroatoms. The molecule has 0 unspecified atom stereocenters. The van der Waals surface area contributed by atoms with Gasteiger partial charge in [0, 0.05) is 41.4 Å². The van der Waals surface area contributed by atoms with Crippen LogP contribution < -0.4 is 15.9 Å². The maximum atomic E-state index is 5.99. The predicted octanol–water partition coefficient (Wildman–Crippen LogP) is 1.09. The molecule has 124 valence electrons. The second kappa shape index (κ2) is 7.24. The summed E-state index contributed by atoms with van der Waals surface area (Å²) in [4.78, 5) is 11.2. The van der Waals surface area contributed by atoms with E-state index in [1.54, 1.807) is 14.2 Å². The van der Waals surface area contributed by atoms with Crippen LogP contribution in [-0.2, 0) is 17.8 Å². The van der Waals surface area contributed by atoms with Crippen LogP contribution >= 0.6 is 22.6 Å². The van der Waals surface area contributed by atoms with Crippen molar-refractivity contribution in [3.8, 4) is 17.0 Å². The highest BCUT2D eigenvalue weighted by Crippen LogP contribution is 2.34. The number of nitrogen functional groups attached to an aromatic ring is 1. The maximum absolute atomic E-state index is 5.99. The standard InChI is InChI=1S/C16H18BIN4O2/c1-23-4-3-22-7-10-13(8-22)20-16(19)21-15(10)9-5-14(24-2)11(17)6-12(9)18/h5-6H,3-4,7-8H2,1-2H3,(H2,19,20,21). The van der Waals surface area contributed by atoms with Crippen LogP contribution in [0.2, 0.25) is 0 Å². The third kappa shape index (κ3) is 3.36. The highest BCUT2D eigenvalue weighted by molar-refractivity contribution is 14.1. The molecule has 0 saturated heterocycles. The van der Waals surface area contributed by atoms with Gasteiger partial charge in [-0.15, -0.1) is 0 Å². The molecule has 0 spiro atoms. The van der Waals surface area contributed by atoms with Crippen molar-refractivity contribution in [1.29, 1.82) is 0 Å². The fraction of sp³-hybridized carbons (Fsp3) is 0.375. The normalized spacial score (nSPS) is 14.0. The number of nitrogens with zero attached hydrogens (tertiary/aromatic N) is 3. The smallest absolute Gasteiger partial charge is 0.220 e. The first-order valence-corrected chi connectivity index (χ1v) is 8.61. The van der Waals surface area contributed by atoms with Gasteiger partial charge in [0.1, 0.15) is 13.6 Å². The molecule has 0 atom stereocenters. The van der Waals surface area contributed by atoms with Crippen LogP contribution in [0.25, 0.3) is 11.3 Å². The van der Waals surface area contributed by atoms with Crippen LogP contribution in [0.1, 0.15) is 11.3 Å². The first-order valence-electron chi connectivity index (χ1n) is 7.53. The lowest BCUT2D eigenvalue weighted by atomic mass is 9.92. The molecule has 2 heterocycles. The van der Waals surface area contributed by atoms with Gasteiger partial charge >= 0.3 is 0 Å². The van der Waals surface area contributed by atoms with Crippen LogP contribution in [0.3, 0.4) is 0 Å². The Hall–Kier alpha value is -1.39. The van der Waals surface area contributed by atoms with Crippen LogP contribution in [-0.4, -0.2) is 50.1 Å². The van der Waals surface area contributed by atoms with Gasteiger partial charge in [0.05, 0.1) is 25.1 Å². The largest absolute Gasteiger partial charge is 0.497 e. The minimum absolute atomic E-state index is 0.281. The Labute approximate surface area is 156 Å². The average Bonchev–Trinajstić information content (AvgIpc) is 2.95. The number of hydrogen-bond acceptors (Lipinski definition) is 6. The van der Waals surface area contributed by atoms with E-state index in [1.807, 2.05) is 12.1 Å². The van der Waals surface area contributed by atoms with Crippen LogP contribution in [0.15, 0.2) is 12.1 Å². The summed E-state index contributed by atoms with van der Waals surface area (Å²) in [5.41, 5.74) is 10.4. The minimum Gasteiger partial charge on any atom is -0.497 e. The summed E-state index contributed by atoms with van der Waals surface area (Å²) in [7, 11) is 9.30.